The molecule has 2 aromatic rings. The summed E-state index contributed by atoms with van der Waals surface area (Å²) in [7, 11) is 0. The maximum atomic E-state index is 11.4. The number of primary amides is 1. The van der Waals surface area contributed by atoms with Crippen LogP contribution >= 0.6 is 0 Å². The maximum Gasteiger partial charge on any atom is 0.254 e. The molecule has 7 heteroatoms. The summed E-state index contributed by atoms with van der Waals surface area (Å²) in [5, 5.41) is 11.3. The topological polar surface area (TPSA) is 94.2 Å². The van der Waals surface area contributed by atoms with Crippen LogP contribution in [-0.2, 0) is 6.54 Å². The summed E-state index contributed by atoms with van der Waals surface area (Å²) in [6, 6.07) is 6.62. The number of nitrogens with zero attached hydrogens (tertiary/aromatic N) is 2. The molecule has 0 saturated heterocycles. The minimum absolute atomic E-state index is 0.309. The van der Waals surface area contributed by atoms with Gasteiger partial charge in [-0.15, -0.1) is 0 Å². The molecule has 2 aliphatic rings. The Kier molecular flexibility index (Phi) is 4.09. The Morgan fingerprint density at radius 2 is 2.40 bits per heavy atom. The third-order valence-electron chi connectivity index (χ3n) is 5.02. The molecule has 0 bridgehead atoms. The van der Waals surface area contributed by atoms with E-state index in [2.05, 4.69) is 40.9 Å². The molecule has 4 N–H and O–H groups in total. The third kappa shape index (κ3) is 2.95. The highest BCUT2D eigenvalue weighted by molar-refractivity contribution is 5.97. The van der Waals surface area contributed by atoms with Crippen molar-refractivity contribution in [2.45, 2.75) is 25.9 Å². The average Bonchev–Trinajstić information content (AvgIpc) is 3.04. The molecule has 1 aromatic heterocycles. The Morgan fingerprint density at radius 1 is 1.52 bits per heavy atom. The highest BCUT2D eigenvalue weighted by atomic mass is 16.5. The number of benzene rings is 1. The summed E-state index contributed by atoms with van der Waals surface area (Å²) in [5.41, 5.74) is 8.26. The molecule has 2 atom stereocenters. The monoisotopic (exact) mass is 341 g/mol. The van der Waals surface area contributed by atoms with Crippen molar-refractivity contribution in [3.05, 3.63) is 41.1 Å². The summed E-state index contributed by atoms with van der Waals surface area (Å²) >= 11 is 0. The fraction of sp³-hybridized carbons (Fsp3) is 0.444. The van der Waals surface area contributed by atoms with Gasteiger partial charge in [-0.2, -0.15) is 5.10 Å². The van der Waals surface area contributed by atoms with E-state index in [1.165, 1.54) is 17.3 Å². The van der Waals surface area contributed by atoms with Crippen LogP contribution in [0.1, 0.15) is 33.9 Å². The summed E-state index contributed by atoms with van der Waals surface area (Å²) in [4.78, 5) is 11.4. The van der Waals surface area contributed by atoms with E-state index in [4.69, 9.17) is 10.5 Å². The van der Waals surface area contributed by atoms with Crippen LogP contribution in [-0.4, -0.2) is 35.4 Å². The fourth-order valence-electron chi connectivity index (χ4n) is 3.68. The van der Waals surface area contributed by atoms with Crippen molar-refractivity contribution in [1.82, 2.24) is 15.1 Å². The summed E-state index contributed by atoms with van der Waals surface area (Å²) < 4.78 is 7.67. The molecule has 25 heavy (non-hydrogen) atoms. The summed E-state index contributed by atoms with van der Waals surface area (Å²) in [6.07, 6.45) is 2.51. The summed E-state index contributed by atoms with van der Waals surface area (Å²) in [5.74, 6) is 1.70. The van der Waals surface area contributed by atoms with Crippen LogP contribution in [0.3, 0.4) is 0 Å². The number of nitrogens with one attached hydrogen (secondary N) is 2. The molecule has 0 saturated carbocycles. The first-order valence-electron chi connectivity index (χ1n) is 8.68. The lowest BCUT2D eigenvalue weighted by Crippen LogP contribution is -2.38. The van der Waals surface area contributed by atoms with Crippen LogP contribution in [0, 0.1) is 12.8 Å². The van der Waals surface area contributed by atoms with Crippen LogP contribution in [0.15, 0.2) is 24.4 Å². The Hall–Kier alpha value is -2.54. The Balaban J connectivity index is 1.42. The van der Waals surface area contributed by atoms with E-state index in [9.17, 15) is 4.79 Å². The molecule has 1 amide bonds. The Labute approximate surface area is 146 Å². The zero-order valence-corrected chi connectivity index (χ0v) is 14.3. The van der Waals surface area contributed by atoms with Gasteiger partial charge in [0.25, 0.3) is 5.91 Å². The van der Waals surface area contributed by atoms with E-state index in [-0.39, 0.29) is 0 Å². The van der Waals surface area contributed by atoms with Crippen molar-refractivity contribution in [3.8, 4) is 5.75 Å². The van der Waals surface area contributed by atoms with Gasteiger partial charge in [-0.3, -0.25) is 4.79 Å². The number of hydrogen-bond acceptors (Lipinski definition) is 5. The number of nitrogens with two attached hydrogens (primary N) is 1. The lowest BCUT2D eigenvalue weighted by molar-refractivity contribution is 0.100. The number of anilines is 1. The van der Waals surface area contributed by atoms with Crippen LogP contribution < -0.4 is 21.1 Å². The molecule has 0 aliphatic carbocycles. The predicted molar refractivity (Wildman–Crippen MR) is 94.8 cm³/mol. The lowest BCUT2D eigenvalue weighted by Gasteiger charge is -2.31. The first kappa shape index (κ1) is 16.0. The summed E-state index contributed by atoms with van der Waals surface area (Å²) in [6.45, 7) is 5.26. The number of aryl methyl sites for hydroxylation is 1. The molecular weight excluding hydrogens is 318 g/mol. The Bertz CT molecular complexity index is 801. The molecule has 0 unspecified atom stereocenters. The normalized spacial score (nSPS) is 21.6. The number of amides is 1. The van der Waals surface area contributed by atoms with Gasteiger partial charge in [0.1, 0.15) is 17.1 Å². The van der Waals surface area contributed by atoms with Crippen LogP contribution in [0.5, 0.6) is 5.75 Å². The fourth-order valence-corrected chi connectivity index (χ4v) is 3.68. The number of hydrogen-bond donors (Lipinski definition) is 3. The second-order valence-electron chi connectivity index (χ2n) is 6.79. The standard InChI is InChI=1S/C18H23N5O2/c1-11-3-2-4-13-15(5-6-25-16(11)13)20-7-12-8-21-18-14(17(19)24)9-22-23(18)10-12/h2-4,9,12,15,20-21H,5-8,10H2,1H3,(H2,19,24)/t12-,15-/m1/s1. The zero-order chi connectivity index (χ0) is 17.4. The molecule has 0 radical (unpaired) electrons. The third-order valence-corrected chi connectivity index (χ3v) is 5.02. The van der Waals surface area contributed by atoms with Gasteiger partial charge in [-0.25, -0.2) is 4.68 Å². The first-order valence-corrected chi connectivity index (χ1v) is 8.68. The zero-order valence-electron chi connectivity index (χ0n) is 14.3. The van der Waals surface area contributed by atoms with Gasteiger partial charge in [-0.05, 0) is 12.5 Å². The molecule has 1 aromatic carbocycles. The van der Waals surface area contributed by atoms with Crippen molar-refractivity contribution < 1.29 is 9.53 Å². The van der Waals surface area contributed by atoms with E-state index >= 15 is 0 Å². The molecule has 3 heterocycles. The number of para-hydroxylation sites is 1. The number of carbonyl (C=O) groups is 1. The SMILES string of the molecule is Cc1cccc2c1OCC[C@H]2NC[C@@H]1CNc2c(C(N)=O)cnn2C1. The molecular formula is C18H23N5O2. The Morgan fingerprint density at radius 3 is 3.24 bits per heavy atom. The van der Waals surface area contributed by atoms with Crippen molar-refractivity contribution in [3.63, 3.8) is 0 Å². The highest BCUT2D eigenvalue weighted by Gasteiger charge is 2.26. The predicted octanol–water partition coefficient (Wildman–Crippen LogP) is 1.45. The quantitative estimate of drug-likeness (QED) is 0.782. The van der Waals surface area contributed by atoms with Gasteiger partial charge < -0.3 is 21.1 Å². The number of rotatable bonds is 4. The van der Waals surface area contributed by atoms with E-state index in [1.54, 1.807) is 0 Å². The first-order chi connectivity index (χ1) is 12.1. The van der Waals surface area contributed by atoms with Crippen LogP contribution in [0.25, 0.3) is 0 Å². The molecule has 7 nitrogen and oxygen atoms in total. The van der Waals surface area contributed by atoms with Gasteiger partial charge in [0.2, 0.25) is 0 Å². The van der Waals surface area contributed by atoms with Gasteiger partial charge in [-0.1, -0.05) is 18.2 Å². The second kappa shape index (κ2) is 6.40. The number of fused-ring (bicyclic) bond motifs is 2. The van der Waals surface area contributed by atoms with Crippen molar-refractivity contribution >= 4 is 11.7 Å². The van der Waals surface area contributed by atoms with Crippen molar-refractivity contribution in [2.24, 2.45) is 11.7 Å². The van der Waals surface area contributed by atoms with E-state index in [1.807, 2.05) is 4.68 Å². The van der Waals surface area contributed by atoms with Crippen LogP contribution in [0.2, 0.25) is 0 Å². The van der Waals surface area contributed by atoms with Gasteiger partial charge in [0.05, 0.1) is 12.8 Å². The highest BCUT2D eigenvalue weighted by Crippen LogP contribution is 2.34. The molecule has 2 aliphatic heterocycles. The molecule has 132 valence electrons. The second-order valence-corrected chi connectivity index (χ2v) is 6.79. The number of ether oxygens (including phenoxy) is 1. The maximum absolute atomic E-state index is 11.4. The van der Waals surface area contributed by atoms with E-state index < -0.39 is 5.91 Å². The van der Waals surface area contributed by atoms with E-state index in [0.29, 0.717) is 17.5 Å². The molecule has 0 fully saturated rings. The van der Waals surface area contributed by atoms with Gasteiger partial charge in [0, 0.05) is 43.6 Å². The lowest BCUT2D eigenvalue weighted by atomic mass is 9.97. The van der Waals surface area contributed by atoms with Crippen LogP contribution in [0.4, 0.5) is 5.82 Å². The van der Waals surface area contributed by atoms with Crippen molar-refractivity contribution in [1.29, 1.82) is 0 Å². The minimum atomic E-state index is -0.445. The van der Waals surface area contributed by atoms with Crippen molar-refractivity contribution in [2.75, 3.05) is 25.0 Å². The molecule has 0 spiro atoms. The number of carbonyl (C=O) groups excluding carboxylic acids is 1. The largest absolute Gasteiger partial charge is 0.493 e. The smallest absolute Gasteiger partial charge is 0.254 e. The minimum Gasteiger partial charge on any atom is -0.493 e. The van der Waals surface area contributed by atoms with E-state index in [0.717, 1.165) is 44.2 Å². The number of aromatic nitrogens is 2. The molecule has 4 rings (SSSR count). The average molecular weight is 341 g/mol. The van der Waals surface area contributed by atoms with Gasteiger partial charge >= 0.3 is 0 Å². The van der Waals surface area contributed by atoms with Gasteiger partial charge in [0.15, 0.2) is 0 Å².